The van der Waals surface area contributed by atoms with Gasteiger partial charge in [0.2, 0.25) is 5.91 Å². The zero-order valence-corrected chi connectivity index (χ0v) is 18.5. The first-order chi connectivity index (χ1) is 16.5. The lowest BCUT2D eigenvalue weighted by Crippen LogP contribution is -2.33. The Hall–Kier alpha value is -3.82. The summed E-state index contributed by atoms with van der Waals surface area (Å²) in [5.74, 6) is -3.54. The number of aliphatic carboxylic acids is 1. The van der Waals surface area contributed by atoms with E-state index >= 15 is 0 Å². The molecule has 0 radical (unpaired) electrons. The van der Waals surface area contributed by atoms with Crippen LogP contribution in [0.25, 0.3) is 11.3 Å². The molecule has 1 N–H and O–H groups in total. The summed E-state index contributed by atoms with van der Waals surface area (Å²) in [6, 6.07) is 16.4. The number of benzene rings is 2. The molecule has 184 valence electrons. The Labute approximate surface area is 197 Å². The number of carboxylic acids is 1. The van der Waals surface area contributed by atoms with Gasteiger partial charge in [0.15, 0.2) is 0 Å². The Morgan fingerprint density at radius 3 is 2.17 bits per heavy atom. The summed E-state index contributed by atoms with van der Waals surface area (Å²) in [6.45, 7) is 2.27. The van der Waals surface area contributed by atoms with Crippen LogP contribution >= 0.6 is 0 Å². The summed E-state index contributed by atoms with van der Waals surface area (Å²) in [5, 5.41) is 7.12. The highest BCUT2D eigenvalue weighted by Crippen LogP contribution is 2.49. The Kier molecular flexibility index (Phi) is 7.83. The van der Waals surface area contributed by atoms with E-state index in [-0.39, 0.29) is 29.4 Å². The molecule has 1 amide bonds. The molecule has 0 spiro atoms. The predicted octanol–water partition coefficient (Wildman–Crippen LogP) is 5.82. The molecule has 0 aliphatic heterocycles. The van der Waals surface area contributed by atoms with Crippen LogP contribution in [0.2, 0.25) is 0 Å². The molecule has 2 aromatic carbocycles. The topological polar surface area (TPSA) is 70.5 Å². The van der Waals surface area contributed by atoms with Crippen molar-refractivity contribution in [2.75, 3.05) is 11.4 Å². The van der Waals surface area contributed by atoms with Crippen molar-refractivity contribution in [3.05, 3.63) is 84.1 Å². The molecule has 4 rings (SSSR count). The molecule has 0 bridgehead atoms. The van der Waals surface area contributed by atoms with Gasteiger partial charge in [-0.1, -0.05) is 18.2 Å². The smallest absolute Gasteiger partial charge is 0.475 e. The monoisotopic (exact) mass is 492 g/mol. The van der Waals surface area contributed by atoms with E-state index in [0.717, 1.165) is 23.2 Å². The van der Waals surface area contributed by atoms with Crippen molar-refractivity contribution in [2.24, 2.45) is 5.92 Å². The second-order valence-corrected chi connectivity index (χ2v) is 7.77. The van der Waals surface area contributed by atoms with Crippen molar-refractivity contribution in [1.82, 2.24) is 4.98 Å². The van der Waals surface area contributed by atoms with Crippen molar-refractivity contribution in [1.29, 1.82) is 0 Å². The molecule has 3 aromatic rings. The second-order valence-electron chi connectivity index (χ2n) is 7.77. The van der Waals surface area contributed by atoms with Gasteiger partial charge in [0, 0.05) is 24.2 Å². The summed E-state index contributed by atoms with van der Waals surface area (Å²) in [7, 11) is 0. The lowest BCUT2D eigenvalue weighted by molar-refractivity contribution is -0.192. The molecule has 1 aromatic heterocycles. The standard InChI is InChI=1S/C23H20F2N2O.C2HF3O2/c1-2-27(22-6-4-3-5-20(22)25)23(28)19-13-18(19)16-9-12-21(26-14-16)15-7-10-17(24)11-8-15;3-2(4,5)1(6)7/h3-12,14,18-19H,2,13H2,1H3;(H,6,7). The molecule has 1 aliphatic carbocycles. The number of carbonyl (C=O) groups is 2. The molecule has 1 fully saturated rings. The van der Waals surface area contributed by atoms with E-state index in [1.54, 1.807) is 36.5 Å². The largest absolute Gasteiger partial charge is 0.490 e. The van der Waals surface area contributed by atoms with Crippen LogP contribution in [0.5, 0.6) is 0 Å². The third-order valence-corrected chi connectivity index (χ3v) is 5.43. The van der Waals surface area contributed by atoms with Crippen LogP contribution in [-0.4, -0.2) is 34.7 Å². The van der Waals surface area contributed by atoms with Gasteiger partial charge in [0.05, 0.1) is 11.4 Å². The lowest BCUT2D eigenvalue weighted by atomic mass is 10.1. The summed E-state index contributed by atoms with van der Waals surface area (Å²) in [6.07, 6.45) is -2.57. The molecular formula is C25H21F5N2O3. The molecule has 1 aliphatic rings. The van der Waals surface area contributed by atoms with Gasteiger partial charge in [-0.3, -0.25) is 9.78 Å². The van der Waals surface area contributed by atoms with Gasteiger partial charge in [-0.2, -0.15) is 13.2 Å². The van der Waals surface area contributed by atoms with Crippen LogP contribution in [0.3, 0.4) is 0 Å². The van der Waals surface area contributed by atoms with Crippen molar-refractivity contribution < 1.29 is 36.6 Å². The Morgan fingerprint density at radius 1 is 1.03 bits per heavy atom. The van der Waals surface area contributed by atoms with Gasteiger partial charge < -0.3 is 10.0 Å². The molecule has 35 heavy (non-hydrogen) atoms. The number of halogens is 5. The highest BCUT2D eigenvalue weighted by molar-refractivity contribution is 5.97. The number of carboxylic acid groups (broad SMARTS) is 1. The predicted molar refractivity (Wildman–Crippen MR) is 119 cm³/mol. The van der Waals surface area contributed by atoms with E-state index < -0.39 is 12.1 Å². The summed E-state index contributed by atoms with van der Waals surface area (Å²) in [5.41, 5.74) is 2.92. The maximum atomic E-state index is 14.1. The number of aromatic nitrogens is 1. The fourth-order valence-electron chi connectivity index (χ4n) is 3.57. The molecule has 5 nitrogen and oxygen atoms in total. The highest BCUT2D eigenvalue weighted by atomic mass is 19.4. The van der Waals surface area contributed by atoms with E-state index in [1.807, 2.05) is 19.1 Å². The van der Waals surface area contributed by atoms with Gasteiger partial charge >= 0.3 is 12.1 Å². The number of rotatable bonds is 5. The van der Waals surface area contributed by atoms with E-state index in [1.165, 1.54) is 23.1 Å². The lowest BCUT2D eigenvalue weighted by Gasteiger charge is -2.21. The third-order valence-electron chi connectivity index (χ3n) is 5.43. The third kappa shape index (κ3) is 6.40. The van der Waals surface area contributed by atoms with Gasteiger partial charge in [0.25, 0.3) is 0 Å². The maximum absolute atomic E-state index is 14.1. The first-order valence-corrected chi connectivity index (χ1v) is 10.6. The quantitative estimate of drug-likeness (QED) is 0.456. The minimum Gasteiger partial charge on any atom is -0.475 e. The van der Waals surface area contributed by atoms with Crippen LogP contribution in [0.1, 0.15) is 24.8 Å². The zero-order chi connectivity index (χ0) is 25.8. The van der Waals surface area contributed by atoms with E-state index in [9.17, 15) is 26.7 Å². The number of nitrogens with zero attached hydrogens (tertiary/aromatic N) is 2. The average Bonchev–Trinajstić information content (AvgIpc) is 3.62. The number of hydrogen-bond acceptors (Lipinski definition) is 3. The Bertz CT molecular complexity index is 1180. The van der Waals surface area contributed by atoms with Gasteiger partial charge in [-0.15, -0.1) is 0 Å². The van der Waals surface area contributed by atoms with E-state index in [4.69, 9.17) is 9.90 Å². The SMILES string of the molecule is CCN(C(=O)C1CC1c1ccc(-c2ccc(F)cc2)nc1)c1ccccc1F.O=C(O)C(F)(F)F. The number of anilines is 1. The minimum atomic E-state index is -5.08. The normalized spacial score (nSPS) is 16.6. The minimum absolute atomic E-state index is 0.0554. The highest BCUT2D eigenvalue weighted by Gasteiger charge is 2.46. The number of amides is 1. The molecule has 2 atom stereocenters. The summed E-state index contributed by atoms with van der Waals surface area (Å²) in [4.78, 5) is 27.8. The number of alkyl halides is 3. The van der Waals surface area contributed by atoms with Crippen molar-refractivity contribution in [3.63, 3.8) is 0 Å². The molecule has 1 heterocycles. The van der Waals surface area contributed by atoms with E-state index in [2.05, 4.69) is 4.98 Å². The summed E-state index contributed by atoms with van der Waals surface area (Å²) >= 11 is 0. The van der Waals surface area contributed by atoms with Crippen LogP contribution in [0.4, 0.5) is 27.6 Å². The van der Waals surface area contributed by atoms with E-state index in [0.29, 0.717) is 12.2 Å². The van der Waals surface area contributed by atoms with Gasteiger partial charge in [-0.25, -0.2) is 13.6 Å². The van der Waals surface area contributed by atoms with Crippen molar-refractivity contribution in [2.45, 2.75) is 25.4 Å². The number of pyridine rings is 1. The second kappa shape index (κ2) is 10.6. The fraction of sp³-hybridized carbons (Fsp3) is 0.240. The fourth-order valence-corrected chi connectivity index (χ4v) is 3.57. The number of hydrogen-bond donors (Lipinski definition) is 1. The van der Waals surface area contributed by atoms with Gasteiger partial charge in [-0.05, 0) is 67.3 Å². The first kappa shape index (κ1) is 25.8. The maximum Gasteiger partial charge on any atom is 0.490 e. The molecule has 2 unspecified atom stereocenters. The average molecular weight is 492 g/mol. The van der Waals surface area contributed by atoms with Crippen LogP contribution in [0.15, 0.2) is 66.9 Å². The first-order valence-electron chi connectivity index (χ1n) is 10.6. The number of carbonyl (C=O) groups excluding carboxylic acids is 1. The van der Waals surface area contributed by atoms with Crippen LogP contribution in [0, 0.1) is 17.6 Å². The van der Waals surface area contributed by atoms with Gasteiger partial charge in [0.1, 0.15) is 11.6 Å². The summed E-state index contributed by atoms with van der Waals surface area (Å²) < 4.78 is 58.9. The van der Waals surface area contributed by atoms with Crippen LogP contribution in [-0.2, 0) is 9.59 Å². The molecule has 0 saturated heterocycles. The molecular weight excluding hydrogens is 471 g/mol. The Balaban J connectivity index is 0.000000429. The van der Waals surface area contributed by atoms with Crippen molar-refractivity contribution >= 4 is 17.6 Å². The Morgan fingerprint density at radius 2 is 1.66 bits per heavy atom. The number of para-hydroxylation sites is 1. The van der Waals surface area contributed by atoms with Crippen molar-refractivity contribution in [3.8, 4) is 11.3 Å². The molecule has 1 saturated carbocycles. The van der Waals surface area contributed by atoms with Crippen LogP contribution < -0.4 is 4.90 Å². The zero-order valence-electron chi connectivity index (χ0n) is 18.5. The molecule has 10 heteroatoms.